The Morgan fingerprint density at radius 2 is 1.82 bits per heavy atom. The van der Waals surface area contributed by atoms with Crippen LogP contribution in [-0.2, 0) is 4.74 Å². The zero-order valence-electron chi connectivity index (χ0n) is 6.96. The molecule has 1 heteroatoms. The number of rotatable bonds is 5. The first-order chi connectivity index (χ1) is 5.45. The van der Waals surface area contributed by atoms with E-state index in [2.05, 4.69) is 6.08 Å². The molecule has 0 spiro atoms. The summed E-state index contributed by atoms with van der Waals surface area (Å²) in [6.07, 6.45) is 11.0. The molecule has 0 atom stereocenters. The van der Waals surface area contributed by atoms with Crippen LogP contribution in [0.5, 0.6) is 0 Å². The molecule has 2 fully saturated rings. The van der Waals surface area contributed by atoms with E-state index >= 15 is 0 Å². The van der Waals surface area contributed by atoms with Crippen LogP contribution in [0.3, 0.4) is 0 Å². The summed E-state index contributed by atoms with van der Waals surface area (Å²) in [5, 5.41) is 0. The molecule has 2 aliphatic rings. The Morgan fingerprint density at radius 1 is 1.09 bits per heavy atom. The van der Waals surface area contributed by atoms with Crippen LogP contribution >= 0.6 is 0 Å². The maximum atomic E-state index is 5.36. The largest absolute Gasteiger partial charge is 0.501 e. The second-order valence-electron chi connectivity index (χ2n) is 3.83. The normalized spacial score (nSPS) is 24.4. The van der Waals surface area contributed by atoms with Gasteiger partial charge >= 0.3 is 0 Å². The van der Waals surface area contributed by atoms with Gasteiger partial charge in [-0.25, -0.2) is 0 Å². The summed E-state index contributed by atoms with van der Waals surface area (Å²) in [4.78, 5) is 0. The van der Waals surface area contributed by atoms with Gasteiger partial charge in [0, 0.05) is 0 Å². The number of allylic oxidation sites excluding steroid dienone is 1. The molecule has 0 heterocycles. The Balaban J connectivity index is 1.46. The van der Waals surface area contributed by atoms with Crippen molar-refractivity contribution in [1.29, 1.82) is 0 Å². The minimum Gasteiger partial charge on any atom is -0.501 e. The molecule has 0 radical (unpaired) electrons. The topological polar surface area (TPSA) is 9.23 Å². The van der Waals surface area contributed by atoms with Gasteiger partial charge in [-0.2, -0.15) is 0 Å². The third-order valence-corrected chi connectivity index (χ3v) is 2.39. The fourth-order valence-electron chi connectivity index (χ4n) is 1.15. The van der Waals surface area contributed by atoms with Gasteiger partial charge in [0.15, 0.2) is 0 Å². The molecule has 0 unspecified atom stereocenters. The minimum absolute atomic E-state index is 0.889. The Hall–Kier alpha value is -0.460. The number of ether oxygens (including phenoxy) is 1. The quantitative estimate of drug-likeness (QED) is 0.550. The molecule has 2 rings (SSSR count). The molecule has 1 nitrogen and oxygen atoms in total. The van der Waals surface area contributed by atoms with E-state index in [0.717, 1.165) is 18.4 Å². The van der Waals surface area contributed by atoms with Crippen molar-refractivity contribution in [3.05, 3.63) is 12.3 Å². The minimum atomic E-state index is 0.889. The second-order valence-corrected chi connectivity index (χ2v) is 3.83. The van der Waals surface area contributed by atoms with Gasteiger partial charge in [0.25, 0.3) is 0 Å². The summed E-state index contributed by atoms with van der Waals surface area (Å²) in [6, 6.07) is 0. The summed E-state index contributed by atoms with van der Waals surface area (Å²) in [5.41, 5.74) is 0. The van der Waals surface area contributed by atoms with Crippen LogP contribution in [0.2, 0.25) is 0 Å². The molecule has 0 aromatic carbocycles. The van der Waals surface area contributed by atoms with Crippen LogP contribution < -0.4 is 0 Å². The van der Waals surface area contributed by atoms with Crippen molar-refractivity contribution >= 4 is 0 Å². The van der Waals surface area contributed by atoms with E-state index in [0.29, 0.717) is 0 Å². The Kier molecular flexibility index (Phi) is 2.16. The Labute approximate surface area is 68.4 Å². The van der Waals surface area contributed by atoms with Gasteiger partial charge in [0.05, 0.1) is 12.9 Å². The van der Waals surface area contributed by atoms with Crippen LogP contribution in [0.1, 0.15) is 32.1 Å². The molecular formula is C10H16O. The van der Waals surface area contributed by atoms with Crippen LogP contribution in [-0.4, -0.2) is 6.61 Å². The lowest BCUT2D eigenvalue weighted by Gasteiger charge is -1.95. The molecular weight excluding hydrogens is 136 g/mol. The Bertz CT molecular complexity index is 143. The SMILES string of the molecule is C(=C\OCC1CC1)/CC1CC1. The van der Waals surface area contributed by atoms with Crippen molar-refractivity contribution in [3.63, 3.8) is 0 Å². The number of hydrogen-bond donors (Lipinski definition) is 0. The maximum Gasteiger partial charge on any atom is 0.0901 e. The molecule has 0 aromatic heterocycles. The van der Waals surface area contributed by atoms with Crippen LogP contribution in [0.15, 0.2) is 12.3 Å². The van der Waals surface area contributed by atoms with E-state index in [1.165, 1.54) is 32.1 Å². The molecule has 0 amide bonds. The van der Waals surface area contributed by atoms with Crippen LogP contribution in [0.25, 0.3) is 0 Å². The van der Waals surface area contributed by atoms with Crippen molar-refractivity contribution in [2.75, 3.05) is 6.61 Å². The first-order valence-electron chi connectivity index (χ1n) is 4.72. The highest BCUT2D eigenvalue weighted by Gasteiger charge is 2.21. The van der Waals surface area contributed by atoms with Gasteiger partial charge in [-0.1, -0.05) is 0 Å². The molecule has 0 N–H and O–H groups in total. The van der Waals surface area contributed by atoms with Crippen molar-refractivity contribution in [2.24, 2.45) is 11.8 Å². The third kappa shape index (κ3) is 2.96. The van der Waals surface area contributed by atoms with Gasteiger partial charge in [-0.15, -0.1) is 0 Å². The first kappa shape index (κ1) is 7.20. The summed E-state index contributed by atoms with van der Waals surface area (Å²) in [5.74, 6) is 1.89. The zero-order chi connectivity index (χ0) is 7.52. The highest BCUT2D eigenvalue weighted by Crippen LogP contribution is 2.32. The zero-order valence-corrected chi connectivity index (χ0v) is 6.96. The molecule has 11 heavy (non-hydrogen) atoms. The fourth-order valence-corrected chi connectivity index (χ4v) is 1.15. The molecule has 0 saturated heterocycles. The van der Waals surface area contributed by atoms with Crippen molar-refractivity contribution in [3.8, 4) is 0 Å². The highest BCUT2D eigenvalue weighted by atomic mass is 16.5. The first-order valence-corrected chi connectivity index (χ1v) is 4.72. The lowest BCUT2D eigenvalue weighted by atomic mass is 10.3. The fraction of sp³-hybridized carbons (Fsp3) is 0.800. The molecule has 62 valence electrons. The molecule has 0 aliphatic heterocycles. The predicted octanol–water partition coefficient (Wildman–Crippen LogP) is 2.73. The van der Waals surface area contributed by atoms with Crippen molar-refractivity contribution in [1.82, 2.24) is 0 Å². The van der Waals surface area contributed by atoms with E-state index in [4.69, 9.17) is 4.74 Å². The monoisotopic (exact) mass is 152 g/mol. The summed E-state index contributed by atoms with van der Waals surface area (Å²) < 4.78 is 5.36. The van der Waals surface area contributed by atoms with E-state index in [1.807, 2.05) is 6.26 Å². The number of hydrogen-bond acceptors (Lipinski definition) is 1. The molecule has 2 aliphatic carbocycles. The predicted molar refractivity (Wildman–Crippen MR) is 45.2 cm³/mol. The summed E-state index contributed by atoms with van der Waals surface area (Å²) in [7, 11) is 0. The van der Waals surface area contributed by atoms with E-state index in [9.17, 15) is 0 Å². The van der Waals surface area contributed by atoms with Gasteiger partial charge < -0.3 is 4.74 Å². The van der Waals surface area contributed by atoms with Crippen LogP contribution in [0.4, 0.5) is 0 Å². The summed E-state index contributed by atoms with van der Waals surface area (Å²) in [6.45, 7) is 0.959. The van der Waals surface area contributed by atoms with Crippen molar-refractivity contribution < 1.29 is 4.74 Å². The van der Waals surface area contributed by atoms with Gasteiger partial charge in [-0.05, 0) is 50.0 Å². The standard InChI is InChI=1S/C10H16O/c1(2-9-3-4-9)7-11-8-10-5-6-10/h1,7,9-10H,2-6,8H2/b7-1+. The van der Waals surface area contributed by atoms with Crippen LogP contribution in [0, 0.1) is 11.8 Å². The third-order valence-electron chi connectivity index (χ3n) is 2.39. The van der Waals surface area contributed by atoms with Gasteiger partial charge in [0.1, 0.15) is 0 Å². The molecule has 0 aromatic rings. The van der Waals surface area contributed by atoms with Gasteiger partial charge in [0.2, 0.25) is 0 Å². The lowest BCUT2D eigenvalue weighted by Crippen LogP contribution is -1.87. The van der Waals surface area contributed by atoms with E-state index < -0.39 is 0 Å². The van der Waals surface area contributed by atoms with E-state index in [-0.39, 0.29) is 0 Å². The van der Waals surface area contributed by atoms with Gasteiger partial charge in [-0.3, -0.25) is 0 Å². The smallest absolute Gasteiger partial charge is 0.0901 e. The van der Waals surface area contributed by atoms with E-state index in [1.54, 1.807) is 0 Å². The average Bonchev–Trinajstić information content (AvgIpc) is 2.83. The maximum absolute atomic E-state index is 5.36. The highest BCUT2D eigenvalue weighted by molar-refractivity contribution is 4.85. The average molecular weight is 152 g/mol. The second kappa shape index (κ2) is 3.29. The van der Waals surface area contributed by atoms with Crippen molar-refractivity contribution in [2.45, 2.75) is 32.1 Å². The molecule has 0 bridgehead atoms. The lowest BCUT2D eigenvalue weighted by molar-refractivity contribution is 0.233. The molecule has 2 saturated carbocycles. The Morgan fingerprint density at radius 3 is 2.45 bits per heavy atom. The summed E-state index contributed by atoms with van der Waals surface area (Å²) >= 11 is 0.